The number of aliphatic hydroxyl groups is 3. The summed E-state index contributed by atoms with van der Waals surface area (Å²) in [6, 6.07) is 0.495. The van der Waals surface area contributed by atoms with Crippen LogP contribution in [-0.2, 0) is 20.8 Å². The first-order valence-corrected chi connectivity index (χ1v) is 9.89. The number of fused-ring (bicyclic) bond motifs is 3. The van der Waals surface area contributed by atoms with Gasteiger partial charge in [0, 0.05) is 17.1 Å². The third-order valence-corrected chi connectivity index (χ3v) is 6.67. The van der Waals surface area contributed by atoms with Crippen molar-refractivity contribution in [2.45, 2.75) is 24.5 Å². The molecule has 0 aromatic heterocycles. The maximum absolute atomic E-state index is 14.5. The molecule has 0 heterocycles. The van der Waals surface area contributed by atoms with Gasteiger partial charge in [0.15, 0.2) is 11.4 Å². The quantitative estimate of drug-likeness (QED) is 0.215. The lowest BCUT2D eigenvalue weighted by Gasteiger charge is -2.50. The number of Topliss-reactive ketones (excluding diaryl/α,β-unsaturated/α-hetero) is 2. The van der Waals surface area contributed by atoms with Crippen LogP contribution in [0.3, 0.4) is 0 Å². The Hall–Kier alpha value is -3.99. The monoisotopic (exact) mass is 457 g/mol. The third-order valence-electron chi connectivity index (χ3n) is 6.67. The van der Waals surface area contributed by atoms with Crippen LogP contribution >= 0.6 is 0 Å². The molecule has 4 rings (SSSR count). The molecule has 0 saturated heterocycles. The number of nitrogens with zero attached hydrogens (tertiary/aromatic N) is 1. The van der Waals surface area contributed by atoms with E-state index in [1.165, 1.54) is 0 Å². The SMILES string of the molecule is C=CN(C=N)[C@@H]1C(=O)C(C(N)=O)=C(O)[C@@]2(O)C(=O)C3=C(O)c4c(O)ccc(F)c4CC3CC12. The Morgan fingerprint density at radius 2 is 1.97 bits per heavy atom. The first-order chi connectivity index (χ1) is 15.5. The van der Waals surface area contributed by atoms with E-state index in [4.69, 9.17) is 11.1 Å². The first kappa shape index (κ1) is 22.2. The van der Waals surface area contributed by atoms with Gasteiger partial charge in [0.2, 0.25) is 5.78 Å². The Kier molecular flexibility index (Phi) is 4.89. The molecule has 10 nitrogen and oxygen atoms in total. The van der Waals surface area contributed by atoms with E-state index in [-0.39, 0.29) is 29.5 Å². The predicted molar refractivity (Wildman–Crippen MR) is 111 cm³/mol. The number of aliphatic hydroxyl groups excluding tert-OH is 2. The molecular formula is C22H20FN3O7. The molecule has 33 heavy (non-hydrogen) atoms. The Labute approximate surface area is 186 Å². The second-order valence-electron chi connectivity index (χ2n) is 8.18. The number of nitrogens with one attached hydrogen (secondary N) is 1. The third kappa shape index (κ3) is 2.75. The number of hydrogen-bond donors (Lipinski definition) is 6. The van der Waals surface area contributed by atoms with Gasteiger partial charge in [-0.1, -0.05) is 6.58 Å². The van der Waals surface area contributed by atoms with Crippen molar-refractivity contribution in [1.82, 2.24) is 4.90 Å². The minimum Gasteiger partial charge on any atom is -0.508 e. The van der Waals surface area contributed by atoms with Gasteiger partial charge >= 0.3 is 0 Å². The van der Waals surface area contributed by atoms with Gasteiger partial charge in [0.25, 0.3) is 5.91 Å². The number of amides is 1. The summed E-state index contributed by atoms with van der Waals surface area (Å²) < 4.78 is 14.5. The number of nitrogens with two attached hydrogens (primary N) is 1. The van der Waals surface area contributed by atoms with Crippen molar-refractivity contribution < 1.29 is 39.2 Å². The number of benzene rings is 1. The van der Waals surface area contributed by atoms with E-state index in [2.05, 4.69) is 6.58 Å². The summed E-state index contributed by atoms with van der Waals surface area (Å²) in [4.78, 5) is 39.6. The molecule has 0 radical (unpaired) electrons. The zero-order valence-corrected chi connectivity index (χ0v) is 17.1. The van der Waals surface area contributed by atoms with Crippen molar-refractivity contribution in [3.8, 4) is 5.75 Å². The predicted octanol–water partition coefficient (Wildman–Crippen LogP) is 0.594. The Bertz CT molecular complexity index is 1210. The second-order valence-corrected chi connectivity index (χ2v) is 8.18. The molecule has 0 aliphatic heterocycles. The van der Waals surface area contributed by atoms with Crippen LogP contribution in [0.1, 0.15) is 17.5 Å². The summed E-state index contributed by atoms with van der Waals surface area (Å²) in [7, 11) is 0. The fraction of sp³-hybridized carbons (Fsp3) is 0.273. The number of carbonyl (C=O) groups is 3. The van der Waals surface area contributed by atoms with Gasteiger partial charge in [0.1, 0.15) is 34.7 Å². The Morgan fingerprint density at radius 3 is 2.55 bits per heavy atom. The standard InChI is InChI=1S/C22H20FN3O7/c1-2-26(7-24)16-10-6-8-5-9-11(23)3-4-12(27)14(9)17(28)13(8)19(30)22(10,33)20(31)15(18(16)29)21(25)32/h2-4,7-8,10,16,24,27-28,31,33H,1,5-6H2,(H2,25,32)/t8?,10?,16-,22-/m0/s1. The number of primary amides is 1. The zero-order chi connectivity index (χ0) is 24.4. The van der Waals surface area contributed by atoms with Crippen molar-refractivity contribution in [1.29, 1.82) is 5.41 Å². The minimum absolute atomic E-state index is 0.0524. The van der Waals surface area contributed by atoms with Crippen LogP contribution in [0.4, 0.5) is 4.39 Å². The summed E-state index contributed by atoms with van der Waals surface area (Å²) in [6.07, 6.45) is 1.39. The molecule has 2 unspecified atom stereocenters. The summed E-state index contributed by atoms with van der Waals surface area (Å²) >= 11 is 0. The topological polar surface area (TPSA) is 185 Å². The van der Waals surface area contributed by atoms with Crippen molar-refractivity contribution in [3.05, 3.63) is 58.8 Å². The lowest BCUT2D eigenvalue weighted by atomic mass is 9.57. The molecule has 0 spiro atoms. The van der Waals surface area contributed by atoms with E-state index in [0.29, 0.717) is 6.34 Å². The van der Waals surface area contributed by atoms with Crippen molar-refractivity contribution in [2.75, 3.05) is 0 Å². The van der Waals surface area contributed by atoms with Gasteiger partial charge in [-0.3, -0.25) is 19.8 Å². The van der Waals surface area contributed by atoms with Crippen LogP contribution in [0.25, 0.3) is 5.76 Å². The average molecular weight is 457 g/mol. The molecule has 1 aromatic rings. The number of aromatic hydroxyl groups is 1. The molecular weight excluding hydrogens is 437 g/mol. The normalized spacial score (nSPS) is 28.6. The molecule has 11 heteroatoms. The lowest BCUT2D eigenvalue weighted by molar-refractivity contribution is -0.152. The lowest BCUT2D eigenvalue weighted by Crippen LogP contribution is -2.65. The van der Waals surface area contributed by atoms with Gasteiger partial charge < -0.3 is 31.1 Å². The highest BCUT2D eigenvalue weighted by atomic mass is 19.1. The number of halogens is 1. The smallest absolute Gasteiger partial charge is 0.255 e. The average Bonchev–Trinajstić information content (AvgIpc) is 2.75. The molecule has 1 saturated carbocycles. The van der Waals surface area contributed by atoms with Gasteiger partial charge in [0.05, 0.1) is 11.9 Å². The molecule has 1 amide bonds. The van der Waals surface area contributed by atoms with Crippen LogP contribution in [0.2, 0.25) is 0 Å². The first-order valence-electron chi connectivity index (χ1n) is 9.89. The zero-order valence-electron chi connectivity index (χ0n) is 17.1. The molecule has 1 fully saturated rings. The number of ketones is 2. The molecule has 4 atom stereocenters. The van der Waals surface area contributed by atoms with Crippen molar-refractivity contribution in [3.63, 3.8) is 0 Å². The van der Waals surface area contributed by atoms with Crippen LogP contribution < -0.4 is 5.73 Å². The number of carbonyl (C=O) groups excluding carboxylic acids is 3. The van der Waals surface area contributed by atoms with E-state index in [0.717, 1.165) is 23.2 Å². The maximum Gasteiger partial charge on any atom is 0.255 e. The van der Waals surface area contributed by atoms with Crippen LogP contribution in [0.5, 0.6) is 5.75 Å². The summed E-state index contributed by atoms with van der Waals surface area (Å²) in [5.74, 6) is -9.20. The molecule has 0 bridgehead atoms. The van der Waals surface area contributed by atoms with Crippen molar-refractivity contribution in [2.24, 2.45) is 17.6 Å². The van der Waals surface area contributed by atoms with E-state index in [1.807, 2.05) is 0 Å². The molecule has 172 valence electrons. The highest BCUT2D eigenvalue weighted by Crippen LogP contribution is 2.52. The van der Waals surface area contributed by atoms with Gasteiger partial charge in [-0.15, -0.1) is 0 Å². The second kappa shape index (κ2) is 7.27. The number of phenolic OH excluding ortho intramolecular Hbond substituents is 1. The number of rotatable bonds is 4. The summed E-state index contributed by atoms with van der Waals surface area (Å²) in [5.41, 5.74) is 0.627. The highest BCUT2D eigenvalue weighted by molar-refractivity contribution is 6.24. The van der Waals surface area contributed by atoms with E-state index in [1.54, 1.807) is 0 Å². The van der Waals surface area contributed by atoms with E-state index in [9.17, 15) is 39.2 Å². The molecule has 1 aromatic carbocycles. The largest absolute Gasteiger partial charge is 0.508 e. The maximum atomic E-state index is 14.5. The fourth-order valence-corrected chi connectivity index (χ4v) is 5.20. The van der Waals surface area contributed by atoms with Gasteiger partial charge in [-0.05, 0) is 37.1 Å². The van der Waals surface area contributed by atoms with Crippen LogP contribution in [-0.4, -0.2) is 60.8 Å². The van der Waals surface area contributed by atoms with E-state index >= 15 is 0 Å². The fourth-order valence-electron chi connectivity index (χ4n) is 5.20. The molecule has 7 N–H and O–H groups in total. The number of phenols is 1. The molecule has 3 aliphatic rings. The van der Waals surface area contributed by atoms with Crippen LogP contribution in [0, 0.1) is 23.1 Å². The Balaban J connectivity index is 2.01. The highest BCUT2D eigenvalue weighted by Gasteiger charge is 2.64. The van der Waals surface area contributed by atoms with Gasteiger partial charge in [-0.25, -0.2) is 4.39 Å². The van der Waals surface area contributed by atoms with Crippen LogP contribution in [0.15, 0.2) is 41.8 Å². The summed E-state index contributed by atoms with van der Waals surface area (Å²) in [5, 5.41) is 50.8. The minimum atomic E-state index is -2.85. The Morgan fingerprint density at radius 1 is 1.30 bits per heavy atom. The van der Waals surface area contributed by atoms with E-state index < -0.39 is 69.6 Å². The molecule has 3 aliphatic carbocycles. The summed E-state index contributed by atoms with van der Waals surface area (Å²) in [6.45, 7) is 3.49. The van der Waals surface area contributed by atoms with Crippen molar-refractivity contribution >= 4 is 29.6 Å². The van der Waals surface area contributed by atoms with Gasteiger partial charge in [-0.2, -0.15) is 0 Å². The number of hydrogen-bond acceptors (Lipinski definition) is 8.